The molecule has 13 heteroatoms. The van der Waals surface area contributed by atoms with E-state index in [9.17, 15) is 18.5 Å². The Kier molecular flexibility index (Phi) is 9.24. The number of benzene rings is 2. The van der Waals surface area contributed by atoms with Crippen LogP contribution in [0.2, 0.25) is 5.02 Å². The second-order valence-corrected chi connectivity index (χ2v) is 10.2. The molecular formula is C23H21ClN4O6S2. The maximum absolute atomic E-state index is 12.5. The number of nitriles is 1. The Morgan fingerprint density at radius 3 is 2.53 bits per heavy atom. The zero-order valence-electron chi connectivity index (χ0n) is 19.2. The molecule has 1 N–H and O–H groups in total. The van der Waals surface area contributed by atoms with Crippen molar-refractivity contribution in [3.63, 3.8) is 0 Å². The van der Waals surface area contributed by atoms with Crippen LogP contribution < -0.4 is 19.5 Å². The number of methoxy groups -OCH3 is 1. The number of hydrogen-bond acceptors (Lipinski definition) is 10. The molecule has 36 heavy (non-hydrogen) atoms. The smallest absolute Gasteiger partial charge is 0.268 e. The van der Waals surface area contributed by atoms with Gasteiger partial charge >= 0.3 is 0 Å². The van der Waals surface area contributed by atoms with Gasteiger partial charge in [-0.1, -0.05) is 29.8 Å². The monoisotopic (exact) mass is 548 g/mol. The SMILES string of the molecule is COc1cc(C=C(C#N)C(=O)Nc2nc(S(C)(=O)=O)ns2)ccc1OCCCOc1ccccc1Cl. The molecule has 1 aromatic heterocycles. The lowest BCUT2D eigenvalue weighted by Gasteiger charge is -2.12. The molecule has 0 saturated heterocycles. The van der Waals surface area contributed by atoms with Crippen LogP contribution >= 0.6 is 23.1 Å². The molecule has 0 aliphatic heterocycles. The van der Waals surface area contributed by atoms with Crippen molar-refractivity contribution in [1.82, 2.24) is 9.36 Å². The maximum Gasteiger partial charge on any atom is 0.268 e. The summed E-state index contributed by atoms with van der Waals surface area (Å²) in [6.07, 6.45) is 2.91. The van der Waals surface area contributed by atoms with Crippen molar-refractivity contribution in [3.8, 4) is 23.3 Å². The van der Waals surface area contributed by atoms with E-state index in [4.69, 9.17) is 25.8 Å². The van der Waals surface area contributed by atoms with Gasteiger partial charge in [0.2, 0.25) is 15.0 Å². The van der Waals surface area contributed by atoms with E-state index < -0.39 is 20.9 Å². The Morgan fingerprint density at radius 2 is 1.89 bits per heavy atom. The number of nitrogens with zero attached hydrogens (tertiary/aromatic N) is 3. The third-order valence-corrected chi connectivity index (χ3v) is 6.37. The van der Waals surface area contributed by atoms with Crippen LogP contribution in [0.15, 0.2) is 53.2 Å². The first-order valence-corrected chi connectivity index (χ1v) is 13.4. The minimum Gasteiger partial charge on any atom is -0.493 e. The number of carbonyl (C=O) groups is 1. The van der Waals surface area contributed by atoms with Gasteiger partial charge in [-0.15, -0.1) is 0 Å². The molecule has 0 unspecified atom stereocenters. The maximum atomic E-state index is 12.5. The first-order chi connectivity index (χ1) is 17.2. The molecule has 188 valence electrons. The van der Waals surface area contributed by atoms with E-state index in [0.29, 0.717) is 59.0 Å². The second kappa shape index (κ2) is 12.3. The number of sulfone groups is 1. The summed E-state index contributed by atoms with van der Waals surface area (Å²) in [5, 5.41) is 11.9. The minimum atomic E-state index is -3.61. The van der Waals surface area contributed by atoms with Crippen molar-refractivity contribution >= 4 is 50.1 Å². The standard InChI is InChI=1S/C23H21ClN4O6S2/c1-32-20-13-15(8-9-19(20)34-11-5-10-33-18-7-4-3-6-17(18)24)12-16(14-25)21(29)26-22-27-23(28-35-22)36(2,30)31/h3-4,6-9,12-13H,5,10-11H2,1-2H3,(H,26,27,28,29). The number of aromatic nitrogens is 2. The highest BCUT2D eigenvalue weighted by Gasteiger charge is 2.17. The van der Waals surface area contributed by atoms with Crippen molar-refractivity contribution < 1.29 is 27.4 Å². The van der Waals surface area contributed by atoms with E-state index in [1.807, 2.05) is 18.2 Å². The van der Waals surface area contributed by atoms with Gasteiger partial charge in [0.1, 0.15) is 17.4 Å². The van der Waals surface area contributed by atoms with Gasteiger partial charge in [0.05, 0.1) is 25.3 Å². The van der Waals surface area contributed by atoms with E-state index >= 15 is 0 Å². The van der Waals surface area contributed by atoms with E-state index in [0.717, 1.165) is 6.26 Å². The fourth-order valence-corrected chi connectivity index (χ4v) is 4.40. The quantitative estimate of drug-likeness (QED) is 0.214. The Hall–Kier alpha value is -3.66. The summed E-state index contributed by atoms with van der Waals surface area (Å²) in [6.45, 7) is 0.771. The highest BCUT2D eigenvalue weighted by atomic mass is 35.5. The molecule has 1 amide bonds. The molecule has 0 fully saturated rings. The molecule has 0 spiro atoms. The van der Waals surface area contributed by atoms with E-state index in [1.54, 1.807) is 30.3 Å². The Labute approximate surface area is 217 Å². The van der Waals surface area contributed by atoms with Crippen LogP contribution in [-0.4, -0.2) is 50.3 Å². The van der Waals surface area contributed by atoms with Crippen LogP contribution in [0.4, 0.5) is 5.13 Å². The summed E-state index contributed by atoms with van der Waals surface area (Å²) < 4.78 is 43.4. The molecule has 3 rings (SSSR count). The lowest BCUT2D eigenvalue weighted by molar-refractivity contribution is -0.112. The lowest BCUT2D eigenvalue weighted by atomic mass is 10.1. The summed E-state index contributed by atoms with van der Waals surface area (Å²) in [6, 6.07) is 14.0. The molecule has 0 bridgehead atoms. The number of hydrogen-bond donors (Lipinski definition) is 1. The zero-order chi connectivity index (χ0) is 26.1. The average molecular weight is 549 g/mol. The predicted molar refractivity (Wildman–Crippen MR) is 135 cm³/mol. The van der Waals surface area contributed by atoms with Crippen LogP contribution in [0.3, 0.4) is 0 Å². The minimum absolute atomic E-state index is 0.0404. The third kappa shape index (κ3) is 7.42. The number of carbonyl (C=O) groups excluding carboxylic acids is 1. The summed E-state index contributed by atoms with van der Waals surface area (Å²) in [7, 11) is -2.13. The summed E-state index contributed by atoms with van der Waals surface area (Å²) >= 11 is 6.76. The normalized spacial score (nSPS) is 11.4. The molecule has 3 aromatic rings. The van der Waals surface area contributed by atoms with Gasteiger partial charge in [-0.05, 0) is 35.9 Å². The Balaban J connectivity index is 1.60. The second-order valence-electron chi connectivity index (χ2n) is 7.17. The molecule has 1 heterocycles. The Bertz CT molecular complexity index is 1420. The lowest BCUT2D eigenvalue weighted by Crippen LogP contribution is -2.13. The van der Waals surface area contributed by atoms with Crippen molar-refractivity contribution in [2.24, 2.45) is 0 Å². The molecular weight excluding hydrogens is 528 g/mol. The van der Waals surface area contributed by atoms with Gasteiger partial charge in [-0.2, -0.15) is 14.6 Å². The van der Waals surface area contributed by atoms with E-state index in [2.05, 4.69) is 14.7 Å². The largest absolute Gasteiger partial charge is 0.493 e. The molecule has 0 aliphatic rings. The topological polar surface area (TPSA) is 140 Å². The highest BCUT2D eigenvalue weighted by Crippen LogP contribution is 2.29. The highest BCUT2D eigenvalue weighted by molar-refractivity contribution is 7.90. The van der Waals surface area contributed by atoms with E-state index in [1.165, 1.54) is 13.2 Å². The van der Waals surface area contributed by atoms with Gasteiger partial charge in [-0.3, -0.25) is 10.1 Å². The van der Waals surface area contributed by atoms with Gasteiger partial charge in [0.25, 0.3) is 11.1 Å². The number of nitrogens with one attached hydrogen (secondary N) is 1. The fraction of sp³-hybridized carbons (Fsp3) is 0.217. The van der Waals surface area contributed by atoms with Crippen molar-refractivity contribution in [3.05, 3.63) is 58.6 Å². The van der Waals surface area contributed by atoms with Gasteiger partial charge < -0.3 is 14.2 Å². The molecule has 0 aliphatic carbocycles. The van der Waals surface area contributed by atoms with E-state index in [-0.39, 0.29) is 10.7 Å². The number of para-hydroxylation sites is 1. The number of amides is 1. The number of halogens is 1. The summed E-state index contributed by atoms with van der Waals surface area (Å²) in [5.41, 5.74) is 0.292. The first-order valence-electron chi connectivity index (χ1n) is 10.4. The molecule has 0 atom stereocenters. The van der Waals surface area contributed by atoms with Crippen molar-refractivity contribution in [2.75, 3.05) is 31.9 Å². The summed E-state index contributed by atoms with van der Waals surface area (Å²) in [5.74, 6) is 0.742. The van der Waals surface area contributed by atoms with Gasteiger partial charge in [0, 0.05) is 24.2 Å². The molecule has 2 aromatic carbocycles. The van der Waals surface area contributed by atoms with Gasteiger partial charge in [0.15, 0.2) is 11.5 Å². The van der Waals surface area contributed by atoms with Crippen molar-refractivity contribution in [1.29, 1.82) is 5.26 Å². The molecule has 0 radical (unpaired) electrons. The molecule has 0 saturated carbocycles. The first kappa shape index (κ1) is 26.9. The molecule has 10 nitrogen and oxygen atoms in total. The number of ether oxygens (including phenoxy) is 3. The number of rotatable bonds is 11. The van der Waals surface area contributed by atoms with Crippen molar-refractivity contribution in [2.45, 2.75) is 11.6 Å². The number of anilines is 1. The van der Waals surface area contributed by atoms with Crippen LogP contribution in [0, 0.1) is 11.3 Å². The summed E-state index contributed by atoms with van der Waals surface area (Å²) in [4.78, 5) is 16.2. The van der Waals surface area contributed by atoms with Crippen LogP contribution in [0.1, 0.15) is 12.0 Å². The third-order valence-electron chi connectivity index (χ3n) is 4.46. The fourth-order valence-electron chi connectivity index (χ4n) is 2.77. The van der Waals surface area contributed by atoms with Crippen LogP contribution in [0.5, 0.6) is 17.2 Å². The zero-order valence-corrected chi connectivity index (χ0v) is 21.6. The van der Waals surface area contributed by atoms with Crippen LogP contribution in [-0.2, 0) is 14.6 Å². The van der Waals surface area contributed by atoms with Gasteiger partial charge in [-0.25, -0.2) is 8.42 Å². The Morgan fingerprint density at radius 1 is 1.17 bits per heavy atom. The average Bonchev–Trinajstić information content (AvgIpc) is 3.33. The predicted octanol–water partition coefficient (Wildman–Crippen LogP) is 4.00. The van der Waals surface area contributed by atoms with Crippen LogP contribution in [0.25, 0.3) is 6.08 Å².